The minimum atomic E-state index is -0.593. The minimum Gasteiger partial charge on any atom is -0.497 e. The van der Waals surface area contributed by atoms with Gasteiger partial charge < -0.3 is 20.1 Å². The average molecular weight is 459 g/mol. The molecule has 0 amide bonds. The van der Waals surface area contributed by atoms with E-state index in [4.69, 9.17) is 4.74 Å². The molecule has 2 N–H and O–H groups in total. The molecule has 140 valence electrons. The van der Waals surface area contributed by atoms with Crippen LogP contribution in [0, 0.1) is 5.41 Å². The first-order valence-corrected chi connectivity index (χ1v) is 9.01. The van der Waals surface area contributed by atoms with Crippen LogP contribution in [-0.2, 0) is 0 Å². The van der Waals surface area contributed by atoms with Crippen molar-refractivity contribution in [2.45, 2.75) is 38.7 Å². The van der Waals surface area contributed by atoms with E-state index < -0.39 is 6.10 Å². The topological polar surface area (TPSA) is 57.1 Å². The highest BCUT2D eigenvalue weighted by molar-refractivity contribution is 14.0. The largest absolute Gasteiger partial charge is 0.497 e. The second kappa shape index (κ2) is 9.07. The van der Waals surface area contributed by atoms with Crippen LogP contribution in [0.1, 0.15) is 44.3 Å². The molecule has 2 aliphatic rings. The van der Waals surface area contributed by atoms with Gasteiger partial charge in [-0.1, -0.05) is 18.6 Å². The van der Waals surface area contributed by atoms with Gasteiger partial charge in [0, 0.05) is 19.6 Å². The Morgan fingerprint density at radius 1 is 1.32 bits per heavy atom. The first-order chi connectivity index (χ1) is 11.7. The zero-order valence-corrected chi connectivity index (χ0v) is 17.5. The fraction of sp³-hybridized carbons (Fsp3) is 0.632. The molecular formula is C19H30IN3O2. The minimum absolute atomic E-state index is 0. The number of aliphatic hydroxyl groups excluding tert-OH is 1. The summed E-state index contributed by atoms with van der Waals surface area (Å²) in [4.78, 5) is 7.05. The molecule has 0 aromatic heterocycles. The number of nitrogens with zero attached hydrogens (tertiary/aromatic N) is 2. The van der Waals surface area contributed by atoms with Gasteiger partial charge in [-0.25, -0.2) is 0 Å². The molecule has 0 radical (unpaired) electrons. The Labute approximate surface area is 167 Å². The lowest BCUT2D eigenvalue weighted by Gasteiger charge is -2.38. The van der Waals surface area contributed by atoms with E-state index in [1.54, 1.807) is 7.11 Å². The van der Waals surface area contributed by atoms with Crippen LogP contribution in [0.3, 0.4) is 0 Å². The van der Waals surface area contributed by atoms with Crippen LogP contribution < -0.4 is 10.1 Å². The van der Waals surface area contributed by atoms with Crippen LogP contribution >= 0.6 is 24.0 Å². The molecule has 1 spiro atoms. The number of nitrogens with one attached hydrogen (secondary N) is 1. The second-order valence-corrected chi connectivity index (χ2v) is 7.01. The number of hydrogen-bond acceptors (Lipinski definition) is 3. The number of halogens is 1. The summed E-state index contributed by atoms with van der Waals surface area (Å²) in [6.45, 7) is 5.49. The molecule has 1 aromatic carbocycles. The summed E-state index contributed by atoms with van der Waals surface area (Å²) in [5.74, 6) is 1.74. The maximum absolute atomic E-state index is 10.4. The van der Waals surface area contributed by atoms with Crippen LogP contribution in [0.4, 0.5) is 0 Å². The van der Waals surface area contributed by atoms with E-state index in [9.17, 15) is 5.11 Å². The molecule has 6 heteroatoms. The standard InChI is InChI=1S/C19H29N3O2.HI/c1-3-20-18(22-12-11-19(14-22)9-4-10-19)21-13-17(23)15-5-7-16(24-2)8-6-15;/h5-8,17,23H,3-4,9-14H2,1-2H3,(H,20,21);1H. The molecule has 25 heavy (non-hydrogen) atoms. The molecule has 1 aliphatic heterocycles. The zero-order valence-electron chi connectivity index (χ0n) is 15.2. The summed E-state index contributed by atoms with van der Waals surface area (Å²) in [7, 11) is 1.64. The summed E-state index contributed by atoms with van der Waals surface area (Å²) in [5, 5.41) is 13.8. The van der Waals surface area contributed by atoms with Gasteiger partial charge in [0.2, 0.25) is 0 Å². The predicted octanol–water partition coefficient (Wildman–Crippen LogP) is 3.19. The van der Waals surface area contributed by atoms with E-state index in [1.165, 1.54) is 25.7 Å². The van der Waals surface area contributed by atoms with E-state index in [2.05, 4.69) is 22.1 Å². The average Bonchev–Trinajstić information content (AvgIpc) is 3.04. The predicted molar refractivity (Wildman–Crippen MR) is 112 cm³/mol. The highest BCUT2D eigenvalue weighted by Crippen LogP contribution is 2.47. The summed E-state index contributed by atoms with van der Waals surface area (Å²) in [6, 6.07) is 7.53. The van der Waals surface area contributed by atoms with Crippen molar-refractivity contribution in [3.63, 3.8) is 0 Å². The van der Waals surface area contributed by atoms with Crippen molar-refractivity contribution in [1.82, 2.24) is 10.2 Å². The Kier molecular flexibility index (Phi) is 7.37. The summed E-state index contributed by atoms with van der Waals surface area (Å²) >= 11 is 0. The molecule has 1 unspecified atom stereocenters. The van der Waals surface area contributed by atoms with Crippen molar-refractivity contribution >= 4 is 29.9 Å². The molecule has 5 nitrogen and oxygen atoms in total. The third kappa shape index (κ3) is 4.78. The van der Waals surface area contributed by atoms with Crippen molar-refractivity contribution in [3.8, 4) is 5.75 Å². The van der Waals surface area contributed by atoms with Crippen LogP contribution in [0.5, 0.6) is 5.75 Å². The molecule has 1 atom stereocenters. The van der Waals surface area contributed by atoms with Crippen molar-refractivity contribution < 1.29 is 9.84 Å². The number of hydrogen-bond donors (Lipinski definition) is 2. The molecule has 2 fully saturated rings. The lowest BCUT2D eigenvalue weighted by Crippen LogP contribution is -2.42. The lowest BCUT2D eigenvalue weighted by atomic mass is 9.68. The number of ether oxygens (including phenoxy) is 1. The molecule has 1 aromatic rings. The number of aliphatic hydroxyl groups is 1. The Bertz CT molecular complexity index is 573. The molecule has 1 aliphatic carbocycles. The van der Waals surface area contributed by atoms with E-state index in [1.807, 2.05) is 24.3 Å². The maximum Gasteiger partial charge on any atom is 0.194 e. The normalized spacial score (nSPS) is 20.0. The second-order valence-electron chi connectivity index (χ2n) is 7.01. The fourth-order valence-electron chi connectivity index (χ4n) is 3.73. The first kappa shape index (κ1) is 20.3. The van der Waals surface area contributed by atoms with Crippen LogP contribution in [0.25, 0.3) is 0 Å². The van der Waals surface area contributed by atoms with Gasteiger partial charge in [-0.3, -0.25) is 4.99 Å². The lowest BCUT2D eigenvalue weighted by molar-refractivity contribution is 0.151. The number of guanidine groups is 1. The Balaban J connectivity index is 0.00000225. The van der Waals surface area contributed by atoms with Crippen molar-refractivity contribution in [3.05, 3.63) is 29.8 Å². The van der Waals surface area contributed by atoms with Crippen LogP contribution in [-0.4, -0.2) is 49.3 Å². The molecule has 0 bridgehead atoms. The summed E-state index contributed by atoms with van der Waals surface area (Å²) < 4.78 is 5.16. The van der Waals surface area contributed by atoms with E-state index in [0.717, 1.165) is 36.9 Å². The van der Waals surface area contributed by atoms with Crippen molar-refractivity contribution in [2.24, 2.45) is 10.4 Å². The van der Waals surface area contributed by atoms with Gasteiger partial charge in [0.15, 0.2) is 5.96 Å². The van der Waals surface area contributed by atoms with Gasteiger partial charge in [0.05, 0.1) is 19.8 Å². The van der Waals surface area contributed by atoms with E-state index in [0.29, 0.717) is 12.0 Å². The van der Waals surface area contributed by atoms with Gasteiger partial charge in [0.1, 0.15) is 5.75 Å². The van der Waals surface area contributed by atoms with Gasteiger partial charge >= 0.3 is 0 Å². The highest BCUT2D eigenvalue weighted by Gasteiger charge is 2.43. The third-order valence-electron chi connectivity index (χ3n) is 5.40. The fourth-order valence-corrected chi connectivity index (χ4v) is 3.73. The van der Waals surface area contributed by atoms with Gasteiger partial charge in [0.25, 0.3) is 0 Å². The number of aliphatic imine (C=N–C) groups is 1. The van der Waals surface area contributed by atoms with Crippen molar-refractivity contribution in [2.75, 3.05) is 33.3 Å². The molecule has 3 rings (SSSR count). The molecule has 1 saturated carbocycles. The number of benzene rings is 1. The third-order valence-corrected chi connectivity index (χ3v) is 5.40. The molecule has 1 saturated heterocycles. The maximum atomic E-state index is 10.4. The van der Waals surface area contributed by atoms with E-state index >= 15 is 0 Å². The Morgan fingerprint density at radius 2 is 2.04 bits per heavy atom. The Morgan fingerprint density at radius 3 is 2.56 bits per heavy atom. The van der Waals surface area contributed by atoms with Crippen LogP contribution in [0.2, 0.25) is 0 Å². The Hall–Kier alpha value is -1.02. The molecule has 1 heterocycles. The van der Waals surface area contributed by atoms with Crippen molar-refractivity contribution in [1.29, 1.82) is 0 Å². The summed E-state index contributed by atoms with van der Waals surface area (Å²) in [5.41, 5.74) is 1.41. The van der Waals surface area contributed by atoms with Gasteiger partial charge in [-0.05, 0) is 49.3 Å². The SMILES string of the molecule is CCNC(=NCC(O)c1ccc(OC)cc1)N1CCC2(CCC2)C1.I. The number of likely N-dealkylation sites (tertiary alicyclic amines) is 1. The monoisotopic (exact) mass is 459 g/mol. The van der Waals surface area contributed by atoms with Gasteiger partial charge in [-0.2, -0.15) is 0 Å². The summed E-state index contributed by atoms with van der Waals surface area (Å²) in [6.07, 6.45) is 4.77. The van der Waals surface area contributed by atoms with Crippen LogP contribution in [0.15, 0.2) is 29.3 Å². The molecular weight excluding hydrogens is 429 g/mol. The zero-order chi connectivity index (χ0) is 17.0. The quantitative estimate of drug-likeness (QED) is 0.404. The number of rotatable bonds is 5. The highest BCUT2D eigenvalue weighted by atomic mass is 127. The van der Waals surface area contributed by atoms with Gasteiger partial charge in [-0.15, -0.1) is 24.0 Å². The smallest absolute Gasteiger partial charge is 0.194 e. The number of methoxy groups -OCH3 is 1. The van der Waals surface area contributed by atoms with E-state index in [-0.39, 0.29) is 24.0 Å². The first-order valence-electron chi connectivity index (χ1n) is 9.01.